The van der Waals surface area contributed by atoms with Gasteiger partial charge in [-0.2, -0.15) is 0 Å². The van der Waals surface area contributed by atoms with E-state index < -0.39 is 0 Å². The van der Waals surface area contributed by atoms with Crippen molar-refractivity contribution in [2.24, 2.45) is 7.05 Å². The lowest BCUT2D eigenvalue weighted by Gasteiger charge is -2.23. The van der Waals surface area contributed by atoms with Gasteiger partial charge in [0.1, 0.15) is 0 Å². The van der Waals surface area contributed by atoms with Crippen LogP contribution in [0, 0.1) is 6.92 Å². The third kappa shape index (κ3) is 3.60. The van der Waals surface area contributed by atoms with E-state index in [1.54, 1.807) is 23.3 Å². The number of hydrogen-bond donors (Lipinski definition) is 0. The second kappa shape index (κ2) is 7.66. The standard InChI is InChI=1S/C20H25N5O/c1-15(12-17-13-21-10-11-22-17)23(3)14-19-16(2)24(4)25(20(19)26)18-8-6-5-7-9-18/h5-11,13,15H,12,14H2,1-4H3. The quantitative estimate of drug-likeness (QED) is 0.684. The van der Waals surface area contributed by atoms with E-state index in [2.05, 4.69) is 21.8 Å². The SMILES string of the molecule is Cc1c(CN(C)C(C)Cc2cnccn2)c(=O)n(-c2ccccc2)n1C. The van der Waals surface area contributed by atoms with Gasteiger partial charge in [0.05, 0.1) is 16.9 Å². The Morgan fingerprint density at radius 3 is 2.58 bits per heavy atom. The molecule has 6 heteroatoms. The number of aromatic nitrogens is 4. The molecule has 0 spiro atoms. The minimum atomic E-state index is 0.0368. The summed E-state index contributed by atoms with van der Waals surface area (Å²) < 4.78 is 3.65. The fraction of sp³-hybridized carbons (Fsp3) is 0.350. The van der Waals surface area contributed by atoms with E-state index in [0.717, 1.165) is 29.1 Å². The predicted molar refractivity (Wildman–Crippen MR) is 102 cm³/mol. The van der Waals surface area contributed by atoms with Crippen LogP contribution in [-0.4, -0.2) is 37.3 Å². The van der Waals surface area contributed by atoms with Crippen molar-refractivity contribution in [3.05, 3.63) is 76.2 Å². The highest BCUT2D eigenvalue weighted by molar-refractivity contribution is 5.33. The number of likely N-dealkylation sites (N-methyl/N-ethyl adjacent to an activating group) is 1. The second-order valence-corrected chi connectivity index (χ2v) is 6.71. The topological polar surface area (TPSA) is 56.0 Å². The van der Waals surface area contributed by atoms with E-state index >= 15 is 0 Å². The lowest BCUT2D eigenvalue weighted by atomic mass is 10.1. The van der Waals surface area contributed by atoms with Gasteiger partial charge in [-0.15, -0.1) is 0 Å². The Morgan fingerprint density at radius 1 is 1.19 bits per heavy atom. The molecule has 0 saturated carbocycles. The average Bonchev–Trinajstić information content (AvgIpc) is 2.86. The van der Waals surface area contributed by atoms with Crippen molar-refractivity contribution in [2.75, 3.05) is 7.05 Å². The molecule has 3 aromatic rings. The van der Waals surface area contributed by atoms with Crippen LogP contribution in [-0.2, 0) is 20.0 Å². The van der Waals surface area contributed by atoms with Crippen LogP contribution in [0.15, 0.2) is 53.7 Å². The van der Waals surface area contributed by atoms with Crippen LogP contribution in [0.5, 0.6) is 0 Å². The first-order valence-electron chi connectivity index (χ1n) is 8.77. The molecule has 0 aliphatic carbocycles. The molecule has 136 valence electrons. The summed E-state index contributed by atoms with van der Waals surface area (Å²) >= 11 is 0. The van der Waals surface area contributed by atoms with E-state index in [1.807, 2.05) is 56.0 Å². The van der Waals surface area contributed by atoms with Crippen molar-refractivity contribution in [1.82, 2.24) is 24.2 Å². The number of para-hydroxylation sites is 1. The molecule has 0 aliphatic heterocycles. The Bertz CT molecular complexity index is 915. The molecule has 0 bridgehead atoms. The van der Waals surface area contributed by atoms with Crippen LogP contribution < -0.4 is 5.56 Å². The molecular formula is C20H25N5O. The van der Waals surface area contributed by atoms with E-state index in [9.17, 15) is 4.79 Å². The van der Waals surface area contributed by atoms with E-state index in [0.29, 0.717) is 6.54 Å². The molecule has 0 fully saturated rings. The molecule has 0 amide bonds. The monoisotopic (exact) mass is 351 g/mol. The van der Waals surface area contributed by atoms with Crippen molar-refractivity contribution in [1.29, 1.82) is 0 Å². The maximum absolute atomic E-state index is 13.0. The molecule has 0 aliphatic rings. The molecule has 26 heavy (non-hydrogen) atoms. The van der Waals surface area contributed by atoms with Crippen molar-refractivity contribution < 1.29 is 0 Å². The van der Waals surface area contributed by atoms with Gasteiger partial charge in [0, 0.05) is 50.3 Å². The van der Waals surface area contributed by atoms with Crippen molar-refractivity contribution >= 4 is 0 Å². The summed E-state index contributed by atoms with van der Waals surface area (Å²) in [6.07, 6.45) is 5.97. The molecule has 1 atom stereocenters. The van der Waals surface area contributed by atoms with Gasteiger partial charge in [-0.05, 0) is 33.0 Å². The predicted octanol–water partition coefficient (Wildman–Crippen LogP) is 2.34. The average molecular weight is 351 g/mol. The highest BCUT2D eigenvalue weighted by Crippen LogP contribution is 2.13. The van der Waals surface area contributed by atoms with Crippen LogP contribution in [0.25, 0.3) is 5.69 Å². The lowest BCUT2D eigenvalue weighted by Crippen LogP contribution is -2.33. The summed E-state index contributed by atoms with van der Waals surface area (Å²) in [5.74, 6) is 0. The first-order chi connectivity index (χ1) is 12.5. The number of hydrogen-bond acceptors (Lipinski definition) is 4. The van der Waals surface area contributed by atoms with Crippen molar-refractivity contribution in [2.45, 2.75) is 32.9 Å². The van der Waals surface area contributed by atoms with Gasteiger partial charge in [-0.3, -0.25) is 24.3 Å². The molecule has 2 heterocycles. The Morgan fingerprint density at radius 2 is 1.92 bits per heavy atom. The van der Waals surface area contributed by atoms with Gasteiger partial charge in [-0.1, -0.05) is 18.2 Å². The summed E-state index contributed by atoms with van der Waals surface area (Å²) in [6, 6.07) is 9.98. The summed E-state index contributed by atoms with van der Waals surface area (Å²) in [7, 11) is 3.97. The van der Waals surface area contributed by atoms with Crippen LogP contribution in [0.4, 0.5) is 0 Å². The third-order valence-electron chi connectivity index (χ3n) is 4.95. The molecular weight excluding hydrogens is 326 g/mol. The van der Waals surface area contributed by atoms with E-state index in [4.69, 9.17) is 0 Å². The fourth-order valence-corrected chi connectivity index (χ4v) is 3.10. The molecule has 1 unspecified atom stereocenters. The smallest absolute Gasteiger partial charge is 0.276 e. The molecule has 1 aromatic carbocycles. The van der Waals surface area contributed by atoms with Gasteiger partial charge < -0.3 is 0 Å². The van der Waals surface area contributed by atoms with Crippen LogP contribution in [0.2, 0.25) is 0 Å². The first kappa shape index (κ1) is 18.1. The Labute approximate surface area is 153 Å². The summed E-state index contributed by atoms with van der Waals surface area (Å²) in [6.45, 7) is 4.74. The molecule has 2 aromatic heterocycles. The highest BCUT2D eigenvalue weighted by Gasteiger charge is 2.19. The molecule has 0 saturated heterocycles. The maximum atomic E-state index is 13.0. The van der Waals surface area contributed by atoms with Gasteiger partial charge in [0.2, 0.25) is 0 Å². The number of rotatable bonds is 6. The summed E-state index contributed by atoms with van der Waals surface area (Å²) in [5.41, 5.74) is 3.68. The molecule has 0 N–H and O–H groups in total. The molecule has 0 radical (unpaired) electrons. The lowest BCUT2D eigenvalue weighted by molar-refractivity contribution is 0.245. The Kier molecular flexibility index (Phi) is 5.32. The largest absolute Gasteiger partial charge is 0.299 e. The van der Waals surface area contributed by atoms with Crippen molar-refractivity contribution in [3.8, 4) is 5.69 Å². The number of nitrogens with zero attached hydrogens (tertiary/aromatic N) is 5. The van der Waals surface area contributed by atoms with Gasteiger partial charge >= 0.3 is 0 Å². The zero-order valence-electron chi connectivity index (χ0n) is 15.8. The van der Waals surface area contributed by atoms with E-state index in [-0.39, 0.29) is 11.6 Å². The van der Waals surface area contributed by atoms with Gasteiger partial charge in [0.25, 0.3) is 5.56 Å². The van der Waals surface area contributed by atoms with Gasteiger partial charge in [0.15, 0.2) is 0 Å². The molecule has 3 rings (SSSR count). The highest BCUT2D eigenvalue weighted by atomic mass is 16.1. The van der Waals surface area contributed by atoms with Crippen molar-refractivity contribution in [3.63, 3.8) is 0 Å². The summed E-state index contributed by atoms with van der Waals surface area (Å²) in [4.78, 5) is 23.7. The normalized spacial score (nSPS) is 12.5. The maximum Gasteiger partial charge on any atom is 0.276 e. The minimum absolute atomic E-state index is 0.0368. The summed E-state index contributed by atoms with van der Waals surface area (Å²) in [5, 5.41) is 0. The van der Waals surface area contributed by atoms with Crippen LogP contribution in [0.3, 0.4) is 0 Å². The van der Waals surface area contributed by atoms with Gasteiger partial charge in [-0.25, -0.2) is 4.68 Å². The van der Waals surface area contributed by atoms with E-state index in [1.165, 1.54) is 0 Å². The second-order valence-electron chi connectivity index (χ2n) is 6.71. The van der Waals surface area contributed by atoms with Crippen LogP contribution in [0.1, 0.15) is 23.9 Å². The fourth-order valence-electron chi connectivity index (χ4n) is 3.10. The zero-order chi connectivity index (χ0) is 18.7. The first-order valence-corrected chi connectivity index (χ1v) is 8.77. The molecule has 6 nitrogen and oxygen atoms in total. The third-order valence-corrected chi connectivity index (χ3v) is 4.95. The zero-order valence-corrected chi connectivity index (χ0v) is 15.8. The minimum Gasteiger partial charge on any atom is -0.299 e. The Balaban J connectivity index is 1.83. The Hall–Kier alpha value is -2.73. The van der Waals surface area contributed by atoms with Crippen LogP contribution >= 0.6 is 0 Å². The number of benzene rings is 1.